The number of nitrogens with zero attached hydrogens (tertiary/aromatic N) is 1. The minimum Gasteiger partial charge on any atom is -0.457 e. The molecule has 0 amide bonds. The predicted octanol–water partition coefficient (Wildman–Crippen LogP) is 4.66. The number of para-hydroxylation sites is 2. The van der Waals surface area contributed by atoms with Crippen molar-refractivity contribution in [1.29, 1.82) is 5.26 Å². The maximum atomic E-state index is 12.5. The Labute approximate surface area is 146 Å². The largest absolute Gasteiger partial charge is 0.457 e. The van der Waals surface area contributed by atoms with E-state index in [1.54, 1.807) is 30.3 Å². The average molecular weight is 328 g/mol. The zero-order valence-electron chi connectivity index (χ0n) is 13.5. The number of hydrogen-bond donors (Lipinski definition) is 1. The second kappa shape index (κ2) is 7.80. The van der Waals surface area contributed by atoms with Gasteiger partial charge in [-0.15, -0.1) is 0 Å². The lowest BCUT2D eigenvalue weighted by atomic mass is 10.1. The summed E-state index contributed by atoms with van der Waals surface area (Å²) in [6.45, 7) is 0.0578. The molecule has 3 rings (SSSR count). The van der Waals surface area contributed by atoms with Gasteiger partial charge in [-0.1, -0.05) is 48.5 Å². The van der Waals surface area contributed by atoms with Gasteiger partial charge in [0.05, 0.1) is 22.9 Å². The Bertz CT molecular complexity index is 914. The summed E-state index contributed by atoms with van der Waals surface area (Å²) in [6.07, 6.45) is 0. The standard InChI is InChI=1S/C21H16N2O2/c22-14-16-8-4-5-9-17(16)15-25-21(24)19-12-6-7-13-20(19)23-18-10-2-1-3-11-18/h1-13,23H,15H2. The summed E-state index contributed by atoms with van der Waals surface area (Å²) in [4.78, 5) is 12.5. The van der Waals surface area contributed by atoms with Crippen LogP contribution in [0.25, 0.3) is 0 Å². The summed E-state index contributed by atoms with van der Waals surface area (Å²) in [6, 6.07) is 26.0. The molecule has 0 saturated carbocycles. The Morgan fingerprint density at radius 3 is 2.40 bits per heavy atom. The highest BCUT2D eigenvalue weighted by Gasteiger charge is 2.13. The van der Waals surface area contributed by atoms with Crippen molar-refractivity contribution in [3.63, 3.8) is 0 Å². The molecule has 0 atom stereocenters. The minimum atomic E-state index is -0.438. The summed E-state index contributed by atoms with van der Waals surface area (Å²) < 4.78 is 5.40. The van der Waals surface area contributed by atoms with E-state index in [0.717, 1.165) is 5.69 Å². The molecule has 0 saturated heterocycles. The van der Waals surface area contributed by atoms with Gasteiger partial charge in [0.25, 0.3) is 0 Å². The van der Waals surface area contributed by atoms with Gasteiger partial charge < -0.3 is 10.1 Å². The van der Waals surface area contributed by atoms with Crippen LogP contribution in [0.15, 0.2) is 78.9 Å². The number of rotatable bonds is 5. The molecular weight excluding hydrogens is 312 g/mol. The summed E-state index contributed by atoms with van der Waals surface area (Å²) >= 11 is 0. The molecule has 122 valence electrons. The van der Waals surface area contributed by atoms with Gasteiger partial charge in [0, 0.05) is 11.3 Å². The van der Waals surface area contributed by atoms with E-state index >= 15 is 0 Å². The quantitative estimate of drug-likeness (QED) is 0.692. The first-order valence-corrected chi connectivity index (χ1v) is 7.84. The first-order chi connectivity index (χ1) is 12.3. The van der Waals surface area contributed by atoms with Crippen molar-refractivity contribution in [2.45, 2.75) is 6.61 Å². The van der Waals surface area contributed by atoms with Crippen LogP contribution in [-0.4, -0.2) is 5.97 Å². The highest BCUT2D eigenvalue weighted by molar-refractivity contribution is 5.96. The van der Waals surface area contributed by atoms with E-state index in [9.17, 15) is 4.79 Å². The van der Waals surface area contributed by atoms with Crippen LogP contribution in [0.4, 0.5) is 11.4 Å². The van der Waals surface area contributed by atoms with Crippen molar-refractivity contribution in [3.05, 3.63) is 95.6 Å². The zero-order chi connectivity index (χ0) is 17.5. The normalized spacial score (nSPS) is 9.88. The first kappa shape index (κ1) is 16.3. The highest BCUT2D eigenvalue weighted by Crippen LogP contribution is 2.22. The minimum absolute atomic E-state index is 0.0578. The second-order valence-electron chi connectivity index (χ2n) is 5.38. The number of benzene rings is 3. The average Bonchev–Trinajstić information content (AvgIpc) is 2.67. The van der Waals surface area contributed by atoms with Gasteiger partial charge in [-0.2, -0.15) is 5.26 Å². The molecule has 0 unspecified atom stereocenters. The molecule has 4 nitrogen and oxygen atoms in total. The molecule has 0 aromatic heterocycles. The van der Waals surface area contributed by atoms with Crippen molar-refractivity contribution in [1.82, 2.24) is 0 Å². The number of anilines is 2. The third kappa shape index (κ3) is 4.04. The molecule has 0 spiro atoms. The molecule has 0 fully saturated rings. The molecule has 0 aliphatic rings. The van der Waals surface area contributed by atoms with E-state index in [1.807, 2.05) is 48.5 Å². The lowest BCUT2D eigenvalue weighted by Crippen LogP contribution is -2.08. The lowest BCUT2D eigenvalue weighted by Gasteiger charge is -2.12. The van der Waals surface area contributed by atoms with Gasteiger partial charge in [-0.3, -0.25) is 0 Å². The Morgan fingerprint density at radius 1 is 0.920 bits per heavy atom. The highest BCUT2D eigenvalue weighted by atomic mass is 16.5. The van der Waals surface area contributed by atoms with E-state index in [1.165, 1.54) is 0 Å². The van der Waals surface area contributed by atoms with Crippen LogP contribution in [0.3, 0.4) is 0 Å². The molecule has 0 heterocycles. The van der Waals surface area contributed by atoms with Gasteiger partial charge >= 0.3 is 5.97 Å². The summed E-state index contributed by atoms with van der Waals surface area (Å²) in [5.41, 5.74) is 3.20. The molecule has 25 heavy (non-hydrogen) atoms. The second-order valence-corrected chi connectivity index (χ2v) is 5.38. The third-order valence-corrected chi connectivity index (χ3v) is 3.70. The van der Waals surface area contributed by atoms with E-state index < -0.39 is 5.97 Å². The van der Waals surface area contributed by atoms with E-state index in [0.29, 0.717) is 22.4 Å². The summed E-state index contributed by atoms with van der Waals surface area (Å²) in [5, 5.41) is 12.3. The van der Waals surface area contributed by atoms with Gasteiger partial charge in [0.15, 0.2) is 0 Å². The maximum Gasteiger partial charge on any atom is 0.340 e. The monoisotopic (exact) mass is 328 g/mol. The van der Waals surface area contributed by atoms with Crippen molar-refractivity contribution < 1.29 is 9.53 Å². The van der Waals surface area contributed by atoms with Crippen molar-refractivity contribution in [2.75, 3.05) is 5.32 Å². The number of carbonyl (C=O) groups is 1. The van der Waals surface area contributed by atoms with Crippen molar-refractivity contribution in [3.8, 4) is 6.07 Å². The molecule has 0 aliphatic carbocycles. The molecule has 0 bridgehead atoms. The third-order valence-electron chi connectivity index (χ3n) is 3.70. The Morgan fingerprint density at radius 2 is 1.60 bits per heavy atom. The Hall–Kier alpha value is -3.58. The van der Waals surface area contributed by atoms with Gasteiger partial charge in [0.2, 0.25) is 0 Å². The van der Waals surface area contributed by atoms with Gasteiger partial charge in [0.1, 0.15) is 6.61 Å². The van der Waals surface area contributed by atoms with Crippen LogP contribution in [0, 0.1) is 11.3 Å². The fraction of sp³-hybridized carbons (Fsp3) is 0.0476. The van der Waals surface area contributed by atoms with Crippen LogP contribution >= 0.6 is 0 Å². The lowest BCUT2D eigenvalue weighted by molar-refractivity contribution is 0.0473. The molecule has 3 aromatic carbocycles. The molecule has 1 N–H and O–H groups in total. The van der Waals surface area contributed by atoms with Crippen LogP contribution < -0.4 is 5.32 Å². The predicted molar refractivity (Wildman–Crippen MR) is 96.4 cm³/mol. The number of ether oxygens (including phenoxy) is 1. The fourth-order valence-electron chi connectivity index (χ4n) is 2.42. The number of hydrogen-bond acceptors (Lipinski definition) is 4. The van der Waals surface area contributed by atoms with E-state index in [-0.39, 0.29) is 6.61 Å². The Balaban J connectivity index is 1.75. The van der Waals surface area contributed by atoms with Gasteiger partial charge in [-0.05, 0) is 30.3 Å². The number of nitrogens with one attached hydrogen (secondary N) is 1. The smallest absolute Gasteiger partial charge is 0.340 e. The molecule has 3 aromatic rings. The van der Waals surface area contributed by atoms with Crippen LogP contribution in [-0.2, 0) is 11.3 Å². The SMILES string of the molecule is N#Cc1ccccc1COC(=O)c1ccccc1Nc1ccccc1. The fourth-order valence-corrected chi connectivity index (χ4v) is 2.42. The van der Waals surface area contributed by atoms with Crippen molar-refractivity contribution >= 4 is 17.3 Å². The molecule has 4 heteroatoms. The van der Waals surface area contributed by atoms with Crippen molar-refractivity contribution in [2.24, 2.45) is 0 Å². The summed E-state index contributed by atoms with van der Waals surface area (Å²) in [7, 11) is 0. The maximum absolute atomic E-state index is 12.5. The Kier molecular flexibility index (Phi) is 5.08. The molecular formula is C21H16N2O2. The first-order valence-electron chi connectivity index (χ1n) is 7.84. The van der Waals surface area contributed by atoms with E-state index in [2.05, 4.69) is 11.4 Å². The van der Waals surface area contributed by atoms with Crippen LogP contribution in [0.1, 0.15) is 21.5 Å². The van der Waals surface area contributed by atoms with E-state index in [4.69, 9.17) is 10.00 Å². The number of esters is 1. The topological polar surface area (TPSA) is 62.1 Å². The van der Waals surface area contributed by atoms with Gasteiger partial charge in [-0.25, -0.2) is 4.79 Å². The zero-order valence-corrected chi connectivity index (χ0v) is 13.5. The summed E-state index contributed by atoms with van der Waals surface area (Å²) in [5.74, 6) is -0.438. The number of carbonyl (C=O) groups excluding carboxylic acids is 1. The van der Waals surface area contributed by atoms with Crippen LogP contribution in [0.5, 0.6) is 0 Å². The number of nitriles is 1. The van der Waals surface area contributed by atoms with Crippen LogP contribution in [0.2, 0.25) is 0 Å². The molecule has 0 radical (unpaired) electrons. The molecule has 0 aliphatic heterocycles.